The molecule has 5 rings (SSSR count). The number of ether oxygens (including phenoxy) is 2. The summed E-state index contributed by atoms with van der Waals surface area (Å²) in [6, 6.07) is -1.78. The van der Waals surface area contributed by atoms with Crippen molar-refractivity contribution in [3.63, 3.8) is 0 Å². The molecule has 5 heterocycles. The van der Waals surface area contributed by atoms with Gasteiger partial charge in [0.15, 0.2) is 36.1 Å². The van der Waals surface area contributed by atoms with E-state index in [1.807, 2.05) is 0 Å². The first-order chi connectivity index (χ1) is 24.0. The summed E-state index contributed by atoms with van der Waals surface area (Å²) in [5.41, 5.74) is 10.1. The summed E-state index contributed by atoms with van der Waals surface area (Å²) in [5, 5.41) is 31.7. The molecule has 0 aromatic carbocycles. The van der Waals surface area contributed by atoms with Gasteiger partial charge in [-0.05, 0) is 6.04 Å². The molecule has 3 aromatic rings. The Balaban J connectivity index is 0.00000627. The van der Waals surface area contributed by atoms with E-state index in [-0.39, 0.29) is 46.5 Å². The van der Waals surface area contributed by atoms with Gasteiger partial charge in [-0.2, -0.15) is 4.57 Å². The zero-order valence-corrected chi connectivity index (χ0v) is 29.3. The number of anilines is 1. The van der Waals surface area contributed by atoms with Crippen molar-refractivity contribution in [2.75, 3.05) is 18.9 Å². The van der Waals surface area contributed by atoms with Crippen molar-refractivity contribution < 1.29 is 90.8 Å². The zero-order valence-electron chi connectivity index (χ0n) is 28.6. The third kappa shape index (κ3) is 9.33. The first kappa shape index (κ1) is 34.2. The van der Waals surface area contributed by atoms with Crippen molar-refractivity contribution in [3.05, 3.63) is 42.6 Å². The number of nitrogens with zero attached hydrogens (tertiary/aromatic N) is 5. The molecular formula is C21H28N7NaO17P3. The van der Waals surface area contributed by atoms with Crippen LogP contribution in [0.5, 0.6) is 0 Å². The van der Waals surface area contributed by atoms with Crippen molar-refractivity contribution in [2.45, 2.75) is 49.1 Å². The molecule has 0 bridgehead atoms. The number of carbonyl (C=O) groups is 1. The van der Waals surface area contributed by atoms with Gasteiger partial charge in [0.2, 0.25) is 0 Å². The maximum absolute atomic E-state index is 12.6. The van der Waals surface area contributed by atoms with E-state index in [1.165, 1.54) is 0 Å². The third-order valence-corrected chi connectivity index (χ3v) is 9.75. The van der Waals surface area contributed by atoms with E-state index in [9.17, 15) is 53.4 Å². The van der Waals surface area contributed by atoms with Gasteiger partial charge >= 0.3 is 15.6 Å². The number of phosphoric ester groups is 3. The fraction of sp³-hybridized carbons (Fsp3) is 0.476. The number of hydrogen-bond donors (Lipinski definition) is 8. The molecule has 28 heteroatoms. The van der Waals surface area contributed by atoms with E-state index in [4.69, 9.17) is 26.4 Å². The first-order valence-electron chi connectivity index (χ1n) is 15.0. The van der Waals surface area contributed by atoms with Crippen molar-refractivity contribution in [1.29, 1.82) is 0 Å². The molecule has 0 saturated carbocycles. The molecule has 0 aliphatic carbocycles. The number of primary amides is 1. The molecule has 2 aliphatic rings. The predicted octanol–water partition coefficient (Wildman–Crippen LogP) is -3.91. The smallest absolute Gasteiger partial charge is 0.478 e. The summed E-state index contributed by atoms with van der Waals surface area (Å²) in [6.45, 7) is -2.40. The predicted molar refractivity (Wildman–Crippen MR) is 154 cm³/mol. The van der Waals surface area contributed by atoms with Crippen molar-refractivity contribution in [1.82, 2.24) is 19.5 Å². The fourth-order valence-corrected chi connectivity index (χ4v) is 7.16. The zero-order chi connectivity index (χ0) is 38.7. The number of imidazole rings is 1. The van der Waals surface area contributed by atoms with Crippen LogP contribution in [0.2, 0.25) is 0 Å². The number of nitrogen functional groups attached to an aromatic ring is 1. The number of aliphatic hydroxyl groups is 3. The molecule has 0 spiro atoms. The molecule has 49 heavy (non-hydrogen) atoms. The van der Waals surface area contributed by atoms with Crippen molar-refractivity contribution in [3.8, 4) is 0 Å². The van der Waals surface area contributed by atoms with E-state index < -0.39 is 122 Å². The van der Waals surface area contributed by atoms with Gasteiger partial charge in [0.1, 0.15) is 50.7 Å². The van der Waals surface area contributed by atoms with Crippen LogP contribution in [0.4, 0.5) is 5.82 Å². The Morgan fingerprint density at radius 3 is 2.41 bits per heavy atom. The standard InChI is InChI=1S/C21H28N7O17P3.Na/c22-17-12-19(25-7-24-17)28(8-26-12)21-16(44-46(33,34)35)14(30)11(43-21)6-41-48(38,39)45-47(36,37)40-5-10-13(29)15(31)20(42-10)27-3-1-2-9(4-27)18(23)32;/h1-4,7-8,10-11,13-16,20-21,29-31H,5-6H2,(H7-,22,23,24,25,32,33,34,35,36,37,38,39);/t10-,11-,13-,14-,15-,16-,20-,21-;/m1./s1/i1D,2D,3D,4D;. The summed E-state index contributed by atoms with van der Waals surface area (Å²) in [6.07, 6.45) is -14.9. The summed E-state index contributed by atoms with van der Waals surface area (Å²) in [4.78, 5) is 64.8. The van der Waals surface area contributed by atoms with Gasteiger partial charge in [0.25, 0.3) is 20.0 Å². The molecule has 2 aliphatic heterocycles. The SMILES string of the molecule is [2H]c1c([2H])c([2H])[n+]([C@@H]2O[C@H](COP(=O)([O-])OP(=O)(O)OC[C@H]3O[C@@H](n4cnc5c(N)ncnc54)[C@H](OP(=O)(O)O)[C@@H]3O)[C@@H](O)[C@H]2O)c([2H])c1C(N)=O.[Na]. The average molecular weight is 770 g/mol. The maximum atomic E-state index is 12.6. The Bertz CT molecular complexity index is 2030. The number of fused-ring (bicyclic) bond motifs is 1. The van der Waals surface area contributed by atoms with Crippen molar-refractivity contribution in [2.24, 2.45) is 5.73 Å². The summed E-state index contributed by atoms with van der Waals surface area (Å²) in [7, 11) is -16.9. The van der Waals surface area contributed by atoms with Gasteiger partial charge in [0, 0.05) is 35.6 Å². The molecule has 265 valence electrons. The molecule has 10 atom stereocenters. The molecule has 2 saturated heterocycles. The molecular weight excluding hydrogens is 738 g/mol. The quantitative estimate of drug-likeness (QED) is 0.0467. The van der Waals surface area contributed by atoms with Crippen LogP contribution in [0.25, 0.3) is 11.2 Å². The van der Waals surface area contributed by atoms with Crippen LogP contribution in [-0.4, -0.2) is 135 Å². The number of pyridine rings is 1. The summed E-state index contributed by atoms with van der Waals surface area (Å²) >= 11 is 0. The Morgan fingerprint density at radius 2 is 1.73 bits per heavy atom. The summed E-state index contributed by atoms with van der Waals surface area (Å²) in [5.74, 6) is -1.42. The molecule has 1 radical (unpaired) electrons. The van der Waals surface area contributed by atoms with Crippen LogP contribution in [-0.2, 0) is 41.1 Å². The minimum absolute atomic E-state index is 0. The Kier molecular flexibility index (Phi) is 10.8. The second kappa shape index (κ2) is 15.4. The van der Waals surface area contributed by atoms with Gasteiger partial charge in [-0.3, -0.25) is 23.0 Å². The topological polar surface area (TPSA) is 368 Å². The van der Waals surface area contributed by atoms with E-state index >= 15 is 0 Å². The minimum Gasteiger partial charge on any atom is -0.756 e. The average Bonchev–Trinajstić information content (AvgIpc) is 3.67. The van der Waals surface area contributed by atoms with Crippen LogP contribution >= 0.6 is 23.5 Å². The molecule has 24 nitrogen and oxygen atoms in total. The number of rotatable bonds is 13. The summed E-state index contributed by atoms with van der Waals surface area (Å²) < 4.78 is 98.9. The minimum atomic E-state index is -5.89. The number of nitrogens with two attached hydrogens (primary N) is 2. The molecule has 3 aromatic heterocycles. The van der Waals surface area contributed by atoms with Crippen LogP contribution in [0.3, 0.4) is 0 Å². The van der Waals surface area contributed by atoms with Gasteiger partial charge < -0.3 is 60.4 Å². The van der Waals surface area contributed by atoms with Gasteiger partial charge in [-0.15, -0.1) is 0 Å². The normalized spacial score (nSPS) is 30.8. The Labute approximate surface area is 301 Å². The van der Waals surface area contributed by atoms with E-state index in [1.54, 1.807) is 0 Å². The second-order valence-electron chi connectivity index (χ2n) is 9.92. The van der Waals surface area contributed by atoms with Crippen LogP contribution in [0.1, 0.15) is 28.3 Å². The first-order valence-corrected chi connectivity index (χ1v) is 17.5. The third-order valence-electron chi connectivity index (χ3n) is 6.67. The molecule has 2 fully saturated rings. The number of phosphoric acid groups is 3. The number of carbonyl (C=O) groups excluding carboxylic acids is 1. The van der Waals surface area contributed by atoms with Crippen molar-refractivity contribution >= 4 is 75.9 Å². The maximum Gasteiger partial charge on any atom is 0.478 e. The number of aliphatic hydroxyl groups excluding tert-OH is 3. The monoisotopic (exact) mass is 770 g/mol. The van der Waals surface area contributed by atoms with Gasteiger partial charge in [-0.1, -0.05) is 0 Å². The Hall–Kier alpha value is -1.86. The van der Waals surface area contributed by atoms with E-state index in [0.717, 1.165) is 17.2 Å². The number of aromatic nitrogens is 5. The fourth-order valence-electron chi connectivity index (χ4n) is 4.57. The van der Waals surface area contributed by atoms with E-state index in [2.05, 4.69) is 32.8 Å². The van der Waals surface area contributed by atoms with E-state index in [0.29, 0.717) is 4.57 Å². The number of amides is 1. The van der Waals surface area contributed by atoms with Crippen LogP contribution in [0, 0.1) is 0 Å². The molecule has 1 amide bonds. The molecule has 2 unspecified atom stereocenters. The number of hydrogen-bond acceptors (Lipinski definition) is 18. The Morgan fingerprint density at radius 1 is 1.06 bits per heavy atom. The van der Waals surface area contributed by atoms with Gasteiger partial charge in [0.05, 0.1) is 22.3 Å². The van der Waals surface area contributed by atoms with Gasteiger partial charge in [-0.25, -0.2) is 28.4 Å². The second-order valence-corrected chi connectivity index (χ2v) is 14.1. The molecule has 10 N–H and O–H groups in total. The van der Waals surface area contributed by atoms with Crippen LogP contribution < -0.4 is 20.9 Å². The largest absolute Gasteiger partial charge is 0.756 e. The van der Waals surface area contributed by atoms with Crippen LogP contribution in [0.15, 0.2) is 37.1 Å².